The average Bonchev–Trinajstić information content (AvgIpc) is 2.45. The molecular formula is C15H16BrNO2. The van der Waals surface area contributed by atoms with E-state index in [9.17, 15) is 5.11 Å². The molecule has 0 amide bonds. The number of rotatable bonds is 6. The van der Waals surface area contributed by atoms with E-state index in [2.05, 4.69) is 20.9 Å². The van der Waals surface area contributed by atoms with Crippen molar-refractivity contribution in [2.45, 2.75) is 18.9 Å². The van der Waals surface area contributed by atoms with Gasteiger partial charge in [-0.05, 0) is 54.8 Å². The predicted octanol–water partition coefficient (Wildman–Crippen LogP) is 3.22. The van der Waals surface area contributed by atoms with Crippen molar-refractivity contribution in [2.75, 3.05) is 6.61 Å². The van der Waals surface area contributed by atoms with Crippen molar-refractivity contribution >= 4 is 15.9 Å². The first kappa shape index (κ1) is 14.0. The third kappa shape index (κ3) is 5.01. The highest BCUT2D eigenvalue weighted by Gasteiger charge is 2.06. The van der Waals surface area contributed by atoms with Gasteiger partial charge < -0.3 is 9.84 Å². The predicted molar refractivity (Wildman–Crippen MR) is 78.2 cm³/mol. The largest absolute Gasteiger partial charge is 0.491 e. The summed E-state index contributed by atoms with van der Waals surface area (Å²) in [6, 6.07) is 11.5. The van der Waals surface area contributed by atoms with E-state index < -0.39 is 6.10 Å². The fraction of sp³-hybridized carbons (Fsp3) is 0.267. The minimum Gasteiger partial charge on any atom is -0.491 e. The minimum absolute atomic E-state index is 0.312. The monoisotopic (exact) mass is 321 g/mol. The van der Waals surface area contributed by atoms with E-state index in [0.717, 1.165) is 16.6 Å². The van der Waals surface area contributed by atoms with Gasteiger partial charge in [-0.1, -0.05) is 15.9 Å². The number of ether oxygens (including phenoxy) is 1. The second-order valence-electron chi connectivity index (χ2n) is 4.31. The molecule has 0 aliphatic carbocycles. The summed E-state index contributed by atoms with van der Waals surface area (Å²) in [6.07, 6.45) is 4.57. The van der Waals surface area contributed by atoms with Gasteiger partial charge in [0.05, 0.1) is 6.10 Å². The normalized spacial score (nSPS) is 12.1. The second kappa shape index (κ2) is 7.26. The molecule has 1 aromatic heterocycles. The lowest BCUT2D eigenvalue weighted by Crippen LogP contribution is -2.18. The molecule has 1 heterocycles. The van der Waals surface area contributed by atoms with Crippen LogP contribution in [0.2, 0.25) is 0 Å². The van der Waals surface area contributed by atoms with Crippen LogP contribution in [0.1, 0.15) is 12.0 Å². The van der Waals surface area contributed by atoms with Crippen molar-refractivity contribution in [3.63, 3.8) is 0 Å². The molecular weight excluding hydrogens is 306 g/mol. The molecule has 19 heavy (non-hydrogen) atoms. The molecule has 0 spiro atoms. The molecule has 1 aromatic carbocycles. The first-order valence-electron chi connectivity index (χ1n) is 6.19. The van der Waals surface area contributed by atoms with Crippen LogP contribution in [-0.2, 0) is 6.42 Å². The van der Waals surface area contributed by atoms with Crippen molar-refractivity contribution in [3.05, 3.63) is 58.8 Å². The lowest BCUT2D eigenvalue weighted by molar-refractivity contribution is 0.100. The van der Waals surface area contributed by atoms with Gasteiger partial charge in [-0.15, -0.1) is 0 Å². The Kier molecular flexibility index (Phi) is 5.36. The highest BCUT2D eigenvalue weighted by molar-refractivity contribution is 9.10. The number of hydrogen-bond donors (Lipinski definition) is 1. The van der Waals surface area contributed by atoms with Gasteiger partial charge in [0.2, 0.25) is 0 Å². The molecule has 1 atom stereocenters. The van der Waals surface area contributed by atoms with Gasteiger partial charge in [0, 0.05) is 16.9 Å². The van der Waals surface area contributed by atoms with Gasteiger partial charge in [-0.25, -0.2) is 0 Å². The molecule has 1 unspecified atom stereocenters. The van der Waals surface area contributed by atoms with E-state index in [1.54, 1.807) is 12.4 Å². The summed E-state index contributed by atoms with van der Waals surface area (Å²) in [5.41, 5.74) is 1.18. The summed E-state index contributed by atoms with van der Waals surface area (Å²) in [6.45, 7) is 0.312. The number of aliphatic hydroxyl groups is 1. The highest BCUT2D eigenvalue weighted by atomic mass is 79.9. The zero-order valence-electron chi connectivity index (χ0n) is 10.5. The number of hydrogen-bond acceptors (Lipinski definition) is 3. The number of halogens is 1. The summed E-state index contributed by atoms with van der Waals surface area (Å²) >= 11 is 3.37. The van der Waals surface area contributed by atoms with Gasteiger partial charge in [-0.2, -0.15) is 0 Å². The van der Waals surface area contributed by atoms with E-state index in [4.69, 9.17) is 4.74 Å². The Morgan fingerprint density at radius 2 is 1.79 bits per heavy atom. The van der Waals surface area contributed by atoms with Crippen LogP contribution in [0.15, 0.2) is 53.3 Å². The first-order valence-corrected chi connectivity index (χ1v) is 6.98. The number of benzene rings is 1. The molecule has 4 heteroatoms. The summed E-state index contributed by atoms with van der Waals surface area (Å²) in [5.74, 6) is 0.770. The lowest BCUT2D eigenvalue weighted by Gasteiger charge is -2.12. The molecule has 0 aliphatic heterocycles. The van der Waals surface area contributed by atoms with E-state index in [0.29, 0.717) is 13.0 Å². The molecule has 0 fully saturated rings. The SMILES string of the molecule is OC(CCc1ccncc1)COc1ccc(Br)cc1. The fourth-order valence-electron chi connectivity index (χ4n) is 1.69. The standard InChI is InChI=1S/C15H16BrNO2/c16-13-2-5-15(6-3-13)19-11-14(18)4-1-12-7-9-17-10-8-12/h2-3,5-10,14,18H,1,4,11H2. The summed E-state index contributed by atoms with van der Waals surface area (Å²) in [5, 5.41) is 9.88. The topological polar surface area (TPSA) is 42.4 Å². The zero-order valence-corrected chi connectivity index (χ0v) is 12.1. The quantitative estimate of drug-likeness (QED) is 0.888. The smallest absolute Gasteiger partial charge is 0.119 e. The molecule has 0 aliphatic rings. The van der Waals surface area contributed by atoms with E-state index >= 15 is 0 Å². The minimum atomic E-state index is -0.461. The molecule has 1 N–H and O–H groups in total. The summed E-state index contributed by atoms with van der Waals surface area (Å²) in [7, 11) is 0. The van der Waals surface area contributed by atoms with Crippen LogP contribution in [0.25, 0.3) is 0 Å². The Morgan fingerprint density at radius 3 is 2.47 bits per heavy atom. The number of nitrogens with zero attached hydrogens (tertiary/aromatic N) is 1. The maximum Gasteiger partial charge on any atom is 0.119 e. The Bertz CT molecular complexity index is 487. The van der Waals surface area contributed by atoms with Crippen molar-refractivity contribution in [1.29, 1.82) is 0 Å². The maximum absolute atomic E-state index is 9.88. The Morgan fingerprint density at radius 1 is 1.11 bits per heavy atom. The van der Waals surface area contributed by atoms with Crippen molar-refractivity contribution < 1.29 is 9.84 Å². The van der Waals surface area contributed by atoms with Crippen LogP contribution in [0.4, 0.5) is 0 Å². The molecule has 0 bridgehead atoms. The molecule has 2 rings (SSSR count). The third-order valence-electron chi connectivity index (χ3n) is 2.77. The molecule has 0 radical (unpaired) electrons. The van der Waals surface area contributed by atoms with Crippen LogP contribution in [0.5, 0.6) is 5.75 Å². The molecule has 2 aromatic rings. The van der Waals surface area contributed by atoms with Crippen molar-refractivity contribution in [1.82, 2.24) is 4.98 Å². The Balaban J connectivity index is 1.72. The number of pyridine rings is 1. The van der Waals surface area contributed by atoms with Crippen LogP contribution in [0.3, 0.4) is 0 Å². The first-order chi connectivity index (χ1) is 9.24. The van der Waals surface area contributed by atoms with Gasteiger partial charge in [0.25, 0.3) is 0 Å². The summed E-state index contributed by atoms with van der Waals surface area (Å²) < 4.78 is 6.54. The van der Waals surface area contributed by atoms with Gasteiger partial charge in [-0.3, -0.25) is 4.98 Å². The molecule has 0 saturated heterocycles. The molecule has 0 saturated carbocycles. The second-order valence-corrected chi connectivity index (χ2v) is 5.23. The van der Waals surface area contributed by atoms with Crippen molar-refractivity contribution in [2.24, 2.45) is 0 Å². The fourth-order valence-corrected chi connectivity index (χ4v) is 1.95. The summed E-state index contributed by atoms with van der Waals surface area (Å²) in [4.78, 5) is 3.96. The van der Waals surface area contributed by atoms with Crippen LogP contribution in [-0.4, -0.2) is 22.8 Å². The van der Waals surface area contributed by atoms with E-state index in [1.165, 1.54) is 5.56 Å². The Hall–Kier alpha value is -1.39. The van der Waals surface area contributed by atoms with Gasteiger partial charge in [0.1, 0.15) is 12.4 Å². The number of aryl methyl sites for hydroxylation is 1. The number of aromatic nitrogens is 1. The maximum atomic E-state index is 9.88. The molecule has 3 nitrogen and oxygen atoms in total. The highest BCUT2D eigenvalue weighted by Crippen LogP contribution is 2.16. The van der Waals surface area contributed by atoms with Crippen LogP contribution < -0.4 is 4.74 Å². The molecule has 100 valence electrons. The van der Waals surface area contributed by atoms with Gasteiger partial charge in [0.15, 0.2) is 0 Å². The Labute approximate surface area is 121 Å². The van der Waals surface area contributed by atoms with Crippen LogP contribution >= 0.6 is 15.9 Å². The van der Waals surface area contributed by atoms with Crippen LogP contribution in [0, 0.1) is 0 Å². The van der Waals surface area contributed by atoms with E-state index in [-0.39, 0.29) is 0 Å². The average molecular weight is 322 g/mol. The van der Waals surface area contributed by atoms with E-state index in [1.807, 2.05) is 36.4 Å². The van der Waals surface area contributed by atoms with Crippen molar-refractivity contribution in [3.8, 4) is 5.75 Å². The zero-order chi connectivity index (χ0) is 13.5. The third-order valence-corrected chi connectivity index (χ3v) is 3.30. The number of aliphatic hydroxyl groups excluding tert-OH is 1. The lowest BCUT2D eigenvalue weighted by atomic mass is 10.1. The van der Waals surface area contributed by atoms with Gasteiger partial charge >= 0.3 is 0 Å².